The van der Waals surface area contributed by atoms with Gasteiger partial charge in [-0.25, -0.2) is 0 Å². The van der Waals surface area contributed by atoms with Gasteiger partial charge in [0.05, 0.1) is 12.1 Å². The molecule has 6 heteroatoms. The maximum absolute atomic E-state index is 12.9. The molecule has 1 heterocycles. The van der Waals surface area contributed by atoms with E-state index < -0.39 is 12.5 Å². The lowest BCUT2D eigenvalue weighted by Crippen LogP contribution is -2.11. The number of alkyl halides is 2. The zero-order valence-electron chi connectivity index (χ0n) is 16.7. The third-order valence-corrected chi connectivity index (χ3v) is 5.36. The van der Waals surface area contributed by atoms with Crippen LogP contribution in [-0.2, 0) is 6.54 Å². The summed E-state index contributed by atoms with van der Waals surface area (Å²) < 4.78 is 32.5. The quantitative estimate of drug-likeness (QED) is 0.447. The van der Waals surface area contributed by atoms with Crippen LogP contribution >= 0.6 is 0 Å². The first kappa shape index (κ1) is 19.9. The molecule has 3 aromatic carbocycles. The SMILES string of the molecule is CC(C)c1ccc2c3c(C(N)=O)cccc3n(Cc3ccccc3OC(F)F)c2c1. The van der Waals surface area contributed by atoms with Crippen LogP contribution in [0, 0.1) is 0 Å². The Morgan fingerprint density at radius 3 is 2.50 bits per heavy atom. The molecule has 0 fully saturated rings. The lowest BCUT2D eigenvalue weighted by atomic mass is 10.00. The fraction of sp³-hybridized carbons (Fsp3) is 0.208. The fourth-order valence-electron chi connectivity index (χ4n) is 3.91. The van der Waals surface area contributed by atoms with Crippen LogP contribution in [0.2, 0.25) is 0 Å². The Morgan fingerprint density at radius 2 is 1.80 bits per heavy atom. The number of hydrogen-bond acceptors (Lipinski definition) is 2. The number of halogens is 2. The largest absolute Gasteiger partial charge is 0.434 e. The van der Waals surface area contributed by atoms with Crippen molar-refractivity contribution in [3.05, 3.63) is 77.4 Å². The van der Waals surface area contributed by atoms with Crippen molar-refractivity contribution in [1.29, 1.82) is 0 Å². The third-order valence-electron chi connectivity index (χ3n) is 5.36. The van der Waals surface area contributed by atoms with Crippen molar-refractivity contribution >= 4 is 27.7 Å². The van der Waals surface area contributed by atoms with Crippen LogP contribution in [0.4, 0.5) is 8.78 Å². The van der Waals surface area contributed by atoms with Gasteiger partial charge in [-0.1, -0.05) is 50.2 Å². The third kappa shape index (κ3) is 3.49. The molecule has 0 aliphatic carbocycles. The van der Waals surface area contributed by atoms with Gasteiger partial charge >= 0.3 is 6.61 Å². The van der Waals surface area contributed by atoms with Crippen molar-refractivity contribution in [2.24, 2.45) is 5.73 Å². The minimum Gasteiger partial charge on any atom is -0.434 e. The Labute approximate surface area is 172 Å². The second kappa shape index (κ2) is 7.78. The number of ether oxygens (including phenoxy) is 1. The van der Waals surface area contributed by atoms with E-state index in [2.05, 4.69) is 19.9 Å². The molecule has 154 valence electrons. The van der Waals surface area contributed by atoms with Crippen LogP contribution in [-0.4, -0.2) is 17.1 Å². The standard InChI is InChI=1S/C24H22F2N2O2/c1-14(2)15-10-11-17-20(12-15)28(19-8-5-7-18(22(17)19)23(27)29)13-16-6-3-4-9-21(16)30-24(25)26/h3-12,14,24H,13H2,1-2H3,(H2,27,29). The molecule has 1 amide bonds. The number of benzene rings is 3. The van der Waals surface area contributed by atoms with Gasteiger partial charge in [0, 0.05) is 27.4 Å². The number of primary amides is 1. The molecule has 4 rings (SSSR count). The van der Waals surface area contributed by atoms with Gasteiger partial charge in [-0.05, 0) is 35.7 Å². The van der Waals surface area contributed by atoms with Gasteiger partial charge in [-0.3, -0.25) is 4.79 Å². The summed E-state index contributed by atoms with van der Waals surface area (Å²) in [4.78, 5) is 12.1. The van der Waals surface area contributed by atoms with Crippen molar-refractivity contribution in [2.75, 3.05) is 0 Å². The molecule has 0 saturated heterocycles. The highest BCUT2D eigenvalue weighted by Crippen LogP contribution is 2.35. The molecule has 2 N–H and O–H groups in total. The molecule has 0 saturated carbocycles. The van der Waals surface area contributed by atoms with E-state index in [-0.39, 0.29) is 5.75 Å². The Bertz CT molecular complexity index is 1240. The summed E-state index contributed by atoms with van der Waals surface area (Å²) in [5.74, 6) is -0.0616. The van der Waals surface area contributed by atoms with E-state index in [1.165, 1.54) is 6.07 Å². The van der Waals surface area contributed by atoms with Crippen molar-refractivity contribution in [1.82, 2.24) is 4.57 Å². The second-order valence-electron chi connectivity index (χ2n) is 7.57. The molecule has 0 bridgehead atoms. The predicted octanol–water partition coefficient (Wildman–Crippen LogP) is 5.67. The number of rotatable bonds is 6. The topological polar surface area (TPSA) is 57.2 Å². The van der Waals surface area contributed by atoms with Gasteiger partial charge in [-0.2, -0.15) is 8.78 Å². The van der Waals surface area contributed by atoms with Crippen LogP contribution in [0.1, 0.15) is 41.3 Å². The molecule has 0 unspecified atom stereocenters. The van der Waals surface area contributed by atoms with Gasteiger partial charge in [0.1, 0.15) is 5.75 Å². The van der Waals surface area contributed by atoms with E-state index in [0.29, 0.717) is 23.6 Å². The van der Waals surface area contributed by atoms with Crippen molar-refractivity contribution in [3.8, 4) is 5.75 Å². The van der Waals surface area contributed by atoms with Crippen molar-refractivity contribution < 1.29 is 18.3 Å². The number of carbonyl (C=O) groups is 1. The first-order valence-electron chi connectivity index (χ1n) is 9.74. The summed E-state index contributed by atoms with van der Waals surface area (Å²) >= 11 is 0. The molecular weight excluding hydrogens is 386 g/mol. The monoisotopic (exact) mass is 408 g/mol. The fourth-order valence-corrected chi connectivity index (χ4v) is 3.91. The minimum absolute atomic E-state index is 0.133. The number of hydrogen-bond donors (Lipinski definition) is 1. The van der Waals surface area contributed by atoms with E-state index in [1.54, 1.807) is 30.3 Å². The van der Waals surface area contributed by atoms with Crippen molar-refractivity contribution in [2.45, 2.75) is 32.9 Å². The molecule has 0 aliphatic rings. The van der Waals surface area contributed by atoms with Crippen molar-refractivity contribution in [3.63, 3.8) is 0 Å². The van der Waals surface area contributed by atoms with E-state index in [0.717, 1.165) is 27.4 Å². The van der Waals surface area contributed by atoms with Gasteiger partial charge < -0.3 is 15.0 Å². The summed E-state index contributed by atoms with van der Waals surface area (Å²) in [6, 6.07) is 18.3. The van der Waals surface area contributed by atoms with Crippen LogP contribution in [0.5, 0.6) is 5.75 Å². The zero-order valence-corrected chi connectivity index (χ0v) is 16.7. The predicted molar refractivity (Wildman–Crippen MR) is 114 cm³/mol. The number of carbonyl (C=O) groups excluding carboxylic acids is 1. The molecule has 4 nitrogen and oxygen atoms in total. The number of aromatic nitrogens is 1. The lowest BCUT2D eigenvalue weighted by Gasteiger charge is -2.14. The minimum atomic E-state index is -2.90. The number of nitrogens with zero attached hydrogens (tertiary/aromatic N) is 1. The maximum atomic E-state index is 12.9. The summed E-state index contributed by atoms with van der Waals surface area (Å²) in [6.07, 6.45) is 0. The Kier molecular flexibility index (Phi) is 5.16. The van der Waals surface area contributed by atoms with E-state index in [9.17, 15) is 13.6 Å². The molecular formula is C24H22F2N2O2. The molecule has 4 aromatic rings. The van der Waals surface area contributed by atoms with E-state index >= 15 is 0 Å². The molecule has 0 aliphatic heterocycles. The van der Waals surface area contributed by atoms with Crippen LogP contribution in [0.3, 0.4) is 0 Å². The van der Waals surface area contributed by atoms with E-state index in [4.69, 9.17) is 10.5 Å². The highest BCUT2D eigenvalue weighted by Gasteiger charge is 2.19. The number of nitrogens with two attached hydrogens (primary N) is 1. The summed E-state index contributed by atoms with van der Waals surface area (Å²) in [5.41, 5.74) is 9.57. The first-order chi connectivity index (χ1) is 14.4. The van der Waals surface area contributed by atoms with Gasteiger partial charge in [-0.15, -0.1) is 0 Å². The highest BCUT2D eigenvalue weighted by molar-refractivity contribution is 6.18. The molecule has 0 atom stereocenters. The molecule has 30 heavy (non-hydrogen) atoms. The number of fused-ring (bicyclic) bond motifs is 3. The summed E-state index contributed by atoms with van der Waals surface area (Å²) in [5, 5.41) is 1.67. The number of para-hydroxylation sites is 1. The average Bonchev–Trinajstić information content (AvgIpc) is 3.02. The van der Waals surface area contributed by atoms with Gasteiger partial charge in [0.25, 0.3) is 0 Å². The first-order valence-corrected chi connectivity index (χ1v) is 9.74. The van der Waals surface area contributed by atoms with Gasteiger partial charge in [0.15, 0.2) is 0 Å². The van der Waals surface area contributed by atoms with Crippen LogP contribution in [0.15, 0.2) is 60.7 Å². The second-order valence-corrected chi connectivity index (χ2v) is 7.57. The lowest BCUT2D eigenvalue weighted by molar-refractivity contribution is -0.0504. The maximum Gasteiger partial charge on any atom is 0.387 e. The van der Waals surface area contributed by atoms with Crippen LogP contribution in [0.25, 0.3) is 21.8 Å². The zero-order chi connectivity index (χ0) is 21.4. The van der Waals surface area contributed by atoms with Gasteiger partial charge in [0.2, 0.25) is 5.91 Å². The Hall–Kier alpha value is -3.41. The molecule has 0 spiro atoms. The Morgan fingerprint density at radius 1 is 1.03 bits per heavy atom. The van der Waals surface area contributed by atoms with Crippen LogP contribution < -0.4 is 10.5 Å². The molecule has 1 aromatic heterocycles. The average molecular weight is 408 g/mol. The van der Waals surface area contributed by atoms with E-state index in [1.807, 2.05) is 22.8 Å². The number of amides is 1. The molecule has 0 radical (unpaired) electrons. The smallest absolute Gasteiger partial charge is 0.387 e. The summed E-state index contributed by atoms with van der Waals surface area (Å²) in [6.45, 7) is 1.62. The summed E-state index contributed by atoms with van der Waals surface area (Å²) in [7, 11) is 0. The normalized spacial score (nSPS) is 11.7. The highest BCUT2D eigenvalue weighted by atomic mass is 19.3. The Balaban J connectivity index is 1.99.